The van der Waals surface area contributed by atoms with Crippen molar-refractivity contribution < 1.29 is 14.0 Å². The quantitative estimate of drug-likeness (QED) is 0.576. The Morgan fingerprint density at radius 2 is 2.06 bits per heavy atom. The first-order chi connectivity index (χ1) is 15.5. The van der Waals surface area contributed by atoms with Crippen LogP contribution in [0.2, 0.25) is 0 Å². The molecule has 32 heavy (non-hydrogen) atoms. The lowest BCUT2D eigenvalue weighted by atomic mass is 9.79. The Labute approximate surface area is 185 Å². The van der Waals surface area contributed by atoms with Gasteiger partial charge in [-0.15, -0.1) is 0 Å². The summed E-state index contributed by atoms with van der Waals surface area (Å²) in [5.41, 5.74) is 1.41. The molecule has 0 bridgehead atoms. The number of H-pyrrole nitrogens is 1. The highest BCUT2D eigenvalue weighted by molar-refractivity contribution is 7.13. The second-order valence-corrected chi connectivity index (χ2v) is 9.58. The number of hydrogen-bond acceptors (Lipinski definition) is 8. The Morgan fingerprint density at radius 3 is 2.69 bits per heavy atom. The minimum absolute atomic E-state index is 0.0822. The molecule has 3 fully saturated rings. The third-order valence-corrected chi connectivity index (χ3v) is 7.77. The van der Waals surface area contributed by atoms with Crippen molar-refractivity contribution in [3.8, 4) is 5.75 Å². The van der Waals surface area contributed by atoms with Crippen LogP contribution < -0.4 is 26.1 Å². The predicted molar refractivity (Wildman–Crippen MR) is 120 cm³/mol. The summed E-state index contributed by atoms with van der Waals surface area (Å²) in [5, 5.41) is 7.57. The second kappa shape index (κ2) is 6.79. The van der Waals surface area contributed by atoms with Crippen LogP contribution >= 0.6 is 11.5 Å². The molecule has 0 amide bonds. The molecular weight excluding hydrogens is 437 g/mol. The Balaban J connectivity index is 1.64. The average Bonchev–Trinajstić information content (AvgIpc) is 3.40. The molecule has 2 N–H and O–H groups in total. The molecule has 3 aromatic rings. The lowest BCUT2D eigenvalue weighted by molar-refractivity contribution is 0.200. The summed E-state index contributed by atoms with van der Waals surface area (Å²) in [5.74, 6) is -0.0590. The molecule has 2 saturated heterocycles. The van der Waals surface area contributed by atoms with E-state index in [1.165, 1.54) is 24.8 Å². The minimum atomic E-state index is -0.578. The summed E-state index contributed by atoms with van der Waals surface area (Å²) >= 11 is 1.16. The highest BCUT2D eigenvalue weighted by atomic mass is 32.1. The van der Waals surface area contributed by atoms with Gasteiger partial charge in [0.1, 0.15) is 18.2 Å². The molecule has 1 saturated carbocycles. The van der Waals surface area contributed by atoms with Gasteiger partial charge in [0, 0.05) is 25.2 Å². The first-order valence-corrected chi connectivity index (χ1v) is 11.3. The number of fused-ring (bicyclic) bond motifs is 2. The topological polar surface area (TPSA) is 100 Å². The smallest absolute Gasteiger partial charge is 0.271 e. The zero-order chi connectivity index (χ0) is 22.2. The van der Waals surface area contributed by atoms with E-state index in [4.69, 9.17) is 9.57 Å². The average molecular weight is 460 g/mol. The second-order valence-electron chi connectivity index (χ2n) is 8.77. The van der Waals surface area contributed by atoms with Gasteiger partial charge in [-0.25, -0.2) is 4.39 Å². The molecule has 1 aliphatic carbocycles. The Bertz CT molecular complexity index is 1420. The van der Waals surface area contributed by atoms with Crippen LogP contribution in [0.15, 0.2) is 20.9 Å². The van der Waals surface area contributed by atoms with Gasteiger partial charge < -0.3 is 19.8 Å². The number of nitrogens with zero attached hydrogens (tertiary/aromatic N) is 3. The molecule has 11 heteroatoms. The fourth-order valence-electron chi connectivity index (χ4n) is 5.13. The Hall–Kier alpha value is -2.92. The van der Waals surface area contributed by atoms with E-state index in [0.29, 0.717) is 34.7 Å². The molecule has 3 aliphatic rings. The summed E-state index contributed by atoms with van der Waals surface area (Å²) in [6.45, 7) is 2.46. The molecule has 0 radical (unpaired) electrons. The maximum atomic E-state index is 15.6. The van der Waals surface area contributed by atoms with Crippen LogP contribution in [0, 0.1) is 11.2 Å². The number of aromatic amines is 1. The van der Waals surface area contributed by atoms with Crippen LogP contribution in [-0.2, 0) is 4.84 Å². The monoisotopic (exact) mass is 459 g/mol. The van der Waals surface area contributed by atoms with Crippen molar-refractivity contribution in [3.63, 3.8) is 0 Å². The SMILES string of the molecule is CO/N=C1\CN(c2c(F)cn3c(=O)c4c(=O)[nH]sc4c(C4CC4)c3c2OC)CC12CNC2. The fourth-order valence-corrected chi connectivity index (χ4v) is 6.08. The zero-order valence-corrected chi connectivity index (χ0v) is 18.5. The van der Waals surface area contributed by atoms with Gasteiger partial charge in [0.05, 0.1) is 41.2 Å². The van der Waals surface area contributed by atoms with Gasteiger partial charge in [0.15, 0.2) is 11.6 Å². The number of hydrogen-bond donors (Lipinski definition) is 2. The lowest BCUT2D eigenvalue weighted by Gasteiger charge is -2.39. The van der Waals surface area contributed by atoms with E-state index >= 15 is 4.39 Å². The summed E-state index contributed by atoms with van der Waals surface area (Å²) in [6.07, 6.45) is 3.09. The number of anilines is 1. The Kier molecular flexibility index (Phi) is 4.19. The predicted octanol–water partition coefficient (Wildman–Crippen LogP) is 1.64. The van der Waals surface area contributed by atoms with Crippen LogP contribution in [-0.4, -0.2) is 54.9 Å². The summed E-state index contributed by atoms with van der Waals surface area (Å²) in [6, 6.07) is 0. The van der Waals surface area contributed by atoms with Gasteiger partial charge in [0.25, 0.3) is 11.1 Å². The number of rotatable bonds is 4. The fraction of sp³-hybridized carbons (Fsp3) is 0.476. The number of oxime groups is 1. The highest BCUT2D eigenvalue weighted by Gasteiger charge is 2.50. The number of pyridine rings is 2. The number of nitrogens with one attached hydrogen (secondary N) is 2. The highest BCUT2D eigenvalue weighted by Crippen LogP contribution is 2.49. The van der Waals surface area contributed by atoms with Gasteiger partial charge in [-0.05, 0) is 18.8 Å². The molecule has 0 aromatic carbocycles. The molecule has 0 unspecified atom stereocenters. The van der Waals surface area contributed by atoms with E-state index in [9.17, 15) is 9.59 Å². The molecule has 9 nitrogen and oxygen atoms in total. The van der Waals surface area contributed by atoms with Crippen LogP contribution in [0.4, 0.5) is 10.1 Å². The number of aromatic nitrogens is 2. The molecular formula is C21H22FN5O4S. The number of halogens is 1. The largest absolute Gasteiger partial charge is 0.492 e. The van der Waals surface area contributed by atoms with Crippen molar-refractivity contribution in [1.82, 2.24) is 14.1 Å². The molecule has 1 spiro atoms. The van der Waals surface area contributed by atoms with Crippen molar-refractivity contribution in [1.29, 1.82) is 0 Å². The summed E-state index contributed by atoms with van der Waals surface area (Å²) < 4.78 is 26.0. The van der Waals surface area contributed by atoms with Crippen molar-refractivity contribution in [2.24, 2.45) is 10.6 Å². The zero-order valence-electron chi connectivity index (χ0n) is 17.7. The summed E-state index contributed by atoms with van der Waals surface area (Å²) in [4.78, 5) is 32.5. The van der Waals surface area contributed by atoms with E-state index < -0.39 is 16.9 Å². The third kappa shape index (κ3) is 2.54. The van der Waals surface area contributed by atoms with Crippen molar-refractivity contribution in [2.45, 2.75) is 18.8 Å². The van der Waals surface area contributed by atoms with Gasteiger partial charge in [-0.2, -0.15) is 0 Å². The van der Waals surface area contributed by atoms with Crippen LogP contribution in [0.1, 0.15) is 24.3 Å². The standard InChI is InChI=1S/C21H22FN5O4S/c1-30-17-15(26-6-12(24-31-2)21(9-26)7-23-8-21)11(22)5-27-16(17)13(10-3-4-10)18-14(20(27)29)19(28)25-32-18/h5,10,23H,3-4,6-9H2,1-2H3,(H,25,28)/b24-12+. The van der Waals surface area contributed by atoms with E-state index in [2.05, 4.69) is 14.8 Å². The third-order valence-electron chi connectivity index (χ3n) is 6.85. The molecule has 3 aromatic heterocycles. The van der Waals surface area contributed by atoms with Crippen LogP contribution in [0.25, 0.3) is 15.6 Å². The Morgan fingerprint density at radius 1 is 1.28 bits per heavy atom. The molecule has 0 atom stereocenters. The maximum absolute atomic E-state index is 15.6. The van der Waals surface area contributed by atoms with Crippen LogP contribution in [0.5, 0.6) is 5.75 Å². The number of ether oxygens (including phenoxy) is 1. The van der Waals surface area contributed by atoms with Crippen molar-refractivity contribution >= 4 is 38.5 Å². The molecule has 2 aliphatic heterocycles. The first-order valence-electron chi connectivity index (χ1n) is 10.5. The lowest BCUT2D eigenvalue weighted by Crippen LogP contribution is -2.58. The van der Waals surface area contributed by atoms with Gasteiger partial charge >= 0.3 is 0 Å². The molecule has 168 valence electrons. The molecule has 6 rings (SSSR count). The van der Waals surface area contributed by atoms with E-state index in [1.54, 1.807) is 0 Å². The maximum Gasteiger partial charge on any atom is 0.271 e. The molecule has 5 heterocycles. The van der Waals surface area contributed by atoms with E-state index in [-0.39, 0.29) is 16.7 Å². The van der Waals surface area contributed by atoms with Crippen molar-refractivity contribution in [3.05, 3.63) is 38.3 Å². The first kappa shape index (κ1) is 19.7. The van der Waals surface area contributed by atoms with E-state index in [0.717, 1.165) is 48.7 Å². The minimum Gasteiger partial charge on any atom is -0.492 e. The number of methoxy groups -OCH3 is 1. The van der Waals surface area contributed by atoms with E-state index in [1.807, 2.05) is 4.90 Å². The van der Waals surface area contributed by atoms with Gasteiger partial charge in [-0.3, -0.25) is 18.4 Å². The normalized spacial score (nSPS) is 21.1. The van der Waals surface area contributed by atoms with Gasteiger partial charge in [0.2, 0.25) is 0 Å². The van der Waals surface area contributed by atoms with Crippen molar-refractivity contribution in [2.75, 3.05) is 45.3 Å². The van der Waals surface area contributed by atoms with Crippen LogP contribution in [0.3, 0.4) is 0 Å². The van der Waals surface area contributed by atoms with Gasteiger partial charge in [-0.1, -0.05) is 16.7 Å². The summed E-state index contributed by atoms with van der Waals surface area (Å²) in [7, 11) is 3.00.